The van der Waals surface area contributed by atoms with Crippen LogP contribution in [-0.4, -0.2) is 65.8 Å². The van der Waals surface area contributed by atoms with E-state index in [4.69, 9.17) is 9.84 Å². The highest BCUT2D eigenvalue weighted by Crippen LogP contribution is 2.22. The molecule has 0 aromatic heterocycles. The Hall–Kier alpha value is -1.30. The van der Waals surface area contributed by atoms with E-state index in [0.717, 1.165) is 25.9 Å². The molecule has 2 fully saturated rings. The predicted octanol–water partition coefficient (Wildman–Crippen LogP) is 0.624. The van der Waals surface area contributed by atoms with E-state index < -0.39 is 11.9 Å². The van der Waals surface area contributed by atoms with Gasteiger partial charge in [0.15, 0.2) is 0 Å². The summed E-state index contributed by atoms with van der Waals surface area (Å²) in [7, 11) is 0. The quantitative estimate of drug-likeness (QED) is 0.803. The number of aliphatic carboxylic acids is 1. The molecule has 1 N–H and O–H groups in total. The maximum absolute atomic E-state index is 12.3. The summed E-state index contributed by atoms with van der Waals surface area (Å²) in [5, 5.41) is 9.14. The highest BCUT2D eigenvalue weighted by molar-refractivity contribution is 5.77. The van der Waals surface area contributed by atoms with Gasteiger partial charge in [-0.2, -0.15) is 0 Å². The van der Waals surface area contributed by atoms with Gasteiger partial charge in [-0.25, -0.2) is 4.79 Å². The van der Waals surface area contributed by atoms with Crippen LogP contribution in [0, 0.1) is 5.92 Å². The van der Waals surface area contributed by atoms with E-state index in [1.54, 1.807) is 9.80 Å². The summed E-state index contributed by atoms with van der Waals surface area (Å²) in [6.45, 7) is 4.48. The van der Waals surface area contributed by atoms with Gasteiger partial charge >= 0.3 is 12.0 Å². The lowest BCUT2D eigenvalue weighted by atomic mass is 10.0. The molecule has 2 atom stereocenters. The van der Waals surface area contributed by atoms with Gasteiger partial charge in [0, 0.05) is 19.6 Å². The van der Waals surface area contributed by atoms with Gasteiger partial charge in [-0.1, -0.05) is 0 Å². The number of nitrogens with zero attached hydrogens (tertiary/aromatic N) is 2. The lowest BCUT2D eigenvalue weighted by molar-refractivity contribution is -0.142. The van der Waals surface area contributed by atoms with Gasteiger partial charge in [0.05, 0.1) is 19.3 Å². The Morgan fingerprint density at radius 1 is 1.33 bits per heavy atom. The fraction of sp³-hybridized carbons (Fsp3) is 0.833. The van der Waals surface area contributed by atoms with Crippen molar-refractivity contribution in [2.75, 3.05) is 32.8 Å². The van der Waals surface area contributed by atoms with Crippen LogP contribution < -0.4 is 0 Å². The van der Waals surface area contributed by atoms with E-state index in [-0.39, 0.29) is 18.7 Å². The molecule has 2 saturated heterocycles. The molecule has 18 heavy (non-hydrogen) atoms. The highest BCUT2D eigenvalue weighted by atomic mass is 16.5. The van der Waals surface area contributed by atoms with Crippen molar-refractivity contribution in [3.63, 3.8) is 0 Å². The molecule has 2 rings (SSSR count). The summed E-state index contributed by atoms with van der Waals surface area (Å²) < 4.78 is 5.23. The van der Waals surface area contributed by atoms with Gasteiger partial charge in [-0.15, -0.1) is 0 Å². The smallest absolute Gasteiger partial charge is 0.320 e. The molecule has 6 heteroatoms. The minimum absolute atomic E-state index is 0.0447. The van der Waals surface area contributed by atoms with Gasteiger partial charge in [-0.3, -0.25) is 4.79 Å². The molecule has 2 unspecified atom stereocenters. The minimum atomic E-state index is -0.884. The number of likely N-dealkylation sites (tertiary alicyclic amines) is 1. The van der Waals surface area contributed by atoms with Crippen LogP contribution in [0.25, 0.3) is 0 Å². The molecular formula is C12H20N2O4. The largest absolute Gasteiger partial charge is 0.481 e. The molecule has 0 saturated carbocycles. The normalized spacial score (nSPS) is 27.5. The van der Waals surface area contributed by atoms with E-state index in [1.807, 2.05) is 6.92 Å². The molecule has 2 heterocycles. The van der Waals surface area contributed by atoms with Crippen LogP contribution >= 0.6 is 0 Å². The van der Waals surface area contributed by atoms with Crippen LogP contribution in [-0.2, 0) is 9.53 Å². The van der Waals surface area contributed by atoms with Crippen molar-refractivity contribution in [2.45, 2.75) is 25.8 Å². The van der Waals surface area contributed by atoms with Crippen LogP contribution in [0.2, 0.25) is 0 Å². The highest BCUT2D eigenvalue weighted by Gasteiger charge is 2.40. The molecule has 0 radical (unpaired) electrons. The molecule has 0 bridgehead atoms. The average molecular weight is 256 g/mol. The van der Waals surface area contributed by atoms with E-state index >= 15 is 0 Å². The van der Waals surface area contributed by atoms with E-state index in [0.29, 0.717) is 13.2 Å². The molecular weight excluding hydrogens is 236 g/mol. The van der Waals surface area contributed by atoms with Crippen molar-refractivity contribution < 1.29 is 19.4 Å². The Balaban J connectivity index is 2.07. The summed E-state index contributed by atoms with van der Waals surface area (Å²) in [5.41, 5.74) is 0. The fourth-order valence-corrected chi connectivity index (χ4v) is 2.69. The van der Waals surface area contributed by atoms with E-state index in [9.17, 15) is 9.59 Å². The number of carboxylic acids is 1. The summed E-state index contributed by atoms with van der Waals surface area (Å²) in [6.07, 6.45) is 2.07. The molecule has 6 nitrogen and oxygen atoms in total. The predicted molar refractivity (Wildman–Crippen MR) is 64.3 cm³/mol. The van der Waals surface area contributed by atoms with Crippen molar-refractivity contribution in [1.82, 2.24) is 9.80 Å². The summed E-state index contributed by atoms with van der Waals surface area (Å²) in [5.74, 6) is -1.48. The number of carboxylic acid groups (broad SMARTS) is 1. The summed E-state index contributed by atoms with van der Waals surface area (Å²) in [4.78, 5) is 26.9. The maximum atomic E-state index is 12.3. The number of hydrogen-bond acceptors (Lipinski definition) is 3. The van der Waals surface area contributed by atoms with Gasteiger partial charge < -0.3 is 19.6 Å². The fourth-order valence-electron chi connectivity index (χ4n) is 2.69. The van der Waals surface area contributed by atoms with Crippen molar-refractivity contribution in [2.24, 2.45) is 5.92 Å². The summed E-state index contributed by atoms with van der Waals surface area (Å²) in [6, 6.07) is -0.377. The standard InChI is InChI=1S/C12H20N2O4/c1-2-14(12(17)13-5-3-4-6-13)10-8-18-7-9(10)11(15)16/h9-10H,2-8H2,1H3,(H,15,16). The van der Waals surface area contributed by atoms with Crippen molar-refractivity contribution in [3.05, 3.63) is 0 Å². The Morgan fingerprint density at radius 3 is 2.56 bits per heavy atom. The molecule has 0 aliphatic carbocycles. The third-order valence-electron chi connectivity index (χ3n) is 3.73. The number of hydrogen-bond donors (Lipinski definition) is 1. The zero-order valence-corrected chi connectivity index (χ0v) is 10.7. The topological polar surface area (TPSA) is 70.1 Å². The molecule has 2 aliphatic heterocycles. The first-order chi connectivity index (χ1) is 8.65. The number of likely N-dealkylation sites (N-methyl/N-ethyl adjacent to an activating group) is 1. The minimum Gasteiger partial charge on any atom is -0.481 e. The Labute approximate surface area is 106 Å². The van der Waals surface area contributed by atoms with E-state index in [2.05, 4.69) is 0 Å². The van der Waals surface area contributed by atoms with Crippen molar-refractivity contribution in [3.8, 4) is 0 Å². The second-order valence-corrected chi connectivity index (χ2v) is 4.81. The monoisotopic (exact) mass is 256 g/mol. The lowest BCUT2D eigenvalue weighted by Crippen LogP contribution is -2.51. The second kappa shape index (κ2) is 5.56. The summed E-state index contributed by atoms with van der Waals surface area (Å²) >= 11 is 0. The van der Waals surface area contributed by atoms with Crippen molar-refractivity contribution >= 4 is 12.0 Å². The molecule has 2 aliphatic rings. The zero-order chi connectivity index (χ0) is 13.1. The molecule has 102 valence electrons. The average Bonchev–Trinajstić information content (AvgIpc) is 3.00. The Kier molecular flexibility index (Phi) is 4.06. The number of carbonyl (C=O) groups excluding carboxylic acids is 1. The molecule has 2 amide bonds. The zero-order valence-electron chi connectivity index (χ0n) is 10.7. The Morgan fingerprint density at radius 2 is 2.00 bits per heavy atom. The first-order valence-corrected chi connectivity index (χ1v) is 6.51. The van der Waals surface area contributed by atoms with Crippen LogP contribution in [0.1, 0.15) is 19.8 Å². The third kappa shape index (κ3) is 2.43. The van der Waals surface area contributed by atoms with Gasteiger partial charge in [0.1, 0.15) is 5.92 Å². The van der Waals surface area contributed by atoms with Crippen LogP contribution in [0.15, 0.2) is 0 Å². The Bertz CT molecular complexity index is 328. The third-order valence-corrected chi connectivity index (χ3v) is 3.73. The number of carbonyl (C=O) groups is 2. The first-order valence-electron chi connectivity index (χ1n) is 6.51. The SMILES string of the molecule is CCN(C(=O)N1CCCC1)C1COCC1C(=O)O. The van der Waals surface area contributed by atoms with Gasteiger partial charge in [-0.05, 0) is 19.8 Å². The lowest BCUT2D eigenvalue weighted by Gasteiger charge is -2.32. The van der Waals surface area contributed by atoms with E-state index in [1.165, 1.54) is 0 Å². The van der Waals surface area contributed by atoms with Crippen LogP contribution in [0.4, 0.5) is 4.79 Å². The first kappa shape index (κ1) is 13.1. The second-order valence-electron chi connectivity index (χ2n) is 4.81. The maximum Gasteiger partial charge on any atom is 0.320 e. The molecule has 0 aromatic rings. The van der Waals surface area contributed by atoms with Gasteiger partial charge in [0.2, 0.25) is 0 Å². The number of urea groups is 1. The number of rotatable bonds is 3. The molecule has 0 spiro atoms. The van der Waals surface area contributed by atoms with Crippen LogP contribution in [0.5, 0.6) is 0 Å². The number of amides is 2. The van der Waals surface area contributed by atoms with Crippen LogP contribution in [0.3, 0.4) is 0 Å². The number of ether oxygens (including phenoxy) is 1. The van der Waals surface area contributed by atoms with Crippen molar-refractivity contribution in [1.29, 1.82) is 0 Å². The molecule has 0 aromatic carbocycles. The van der Waals surface area contributed by atoms with Gasteiger partial charge in [0.25, 0.3) is 0 Å².